The summed E-state index contributed by atoms with van der Waals surface area (Å²) in [7, 11) is 0. The highest BCUT2D eigenvalue weighted by Gasteiger charge is 2.09. The summed E-state index contributed by atoms with van der Waals surface area (Å²) >= 11 is 7.57. The number of hydrogen-bond acceptors (Lipinski definition) is 2. The van der Waals surface area contributed by atoms with E-state index in [0.29, 0.717) is 5.69 Å². The molecule has 0 unspecified atom stereocenters. The van der Waals surface area contributed by atoms with Gasteiger partial charge in [-0.1, -0.05) is 11.6 Å². The Morgan fingerprint density at radius 3 is 3.00 bits per heavy atom. The van der Waals surface area contributed by atoms with Crippen LogP contribution in [0.1, 0.15) is 15.4 Å². The highest BCUT2D eigenvalue weighted by Crippen LogP contribution is 2.34. The lowest BCUT2D eigenvalue weighted by molar-refractivity contribution is 0.112. The standard InChI is InChI=1S/C8H6ClNOS/c1-4-7(9)8-6(12-4)2-5(3-11)10-8/h2-3,10H,1H3. The molecule has 2 heterocycles. The van der Waals surface area contributed by atoms with Crippen LogP contribution in [0.2, 0.25) is 5.02 Å². The van der Waals surface area contributed by atoms with Gasteiger partial charge in [0.1, 0.15) is 0 Å². The van der Waals surface area contributed by atoms with E-state index in [1.54, 1.807) is 11.3 Å². The Hall–Kier alpha value is -0.800. The molecule has 0 aliphatic carbocycles. The van der Waals surface area contributed by atoms with Gasteiger partial charge in [-0.25, -0.2) is 0 Å². The quantitative estimate of drug-likeness (QED) is 0.704. The molecule has 0 aliphatic rings. The smallest absolute Gasteiger partial charge is 0.166 e. The van der Waals surface area contributed by atoms with E-state index in [9.17, 15) is 4.79 Å². The normalized spacial score (nSPS) is 10.8. The van der Waals surface area contributed by atoms with Crippen LogP contribution in [0.15, 0.2) is 6.07 Å². The van der Waals surface area contributed by atoms with Crippen molar-refractivity contribution < 1.29 is 4.79 Å². The van der Waals surface area contributed by atoms with Crippen molar-refractivity contribution in [1.29, 1.82) is 0 Å². The number of aryl methyl sites for hydroxylation is 1. The monoisotopic (exact) mass is 199 g/mol. The molecule has 0 aromatic carbocycles. The predicted molar refractivity (Wildman–Crippen MR) is 51.3 cm³/mol. The molecule has 0 bridgehead atoms. The zero-order valence-corrected chi connectivity index (χ0v) is 7.92. The minimum Gasteiger partial charge on any atom is -0.350 e. The van der Waals surface area contributed by atoms with Gasteiger partial charge in [-0.3, -0.25) is 4.79 Å². The van der Waals surface area contributed by atoms with Gasteiger partial charge in [0.2, 0.25) is 0 Å². The van der Waals surface area contributed by atoms with Gasteiger partial charge >= 0.3 is 0 Å². The molecule has 0 fully saturated rings. The number of aldehydes is 1. The van der Waals surface area contributed by atoms with E-state index in [-0.39, 0.29) is 0 Å². The van der Waals surface area contributed by atoms with E-state index >= 15 is 0 Å². The van der Waals surface area contributed by atoms with Gasteiger partial charge in [-0.05, 0) is 13.0 Å². The third-order valence-corrected chi connectivity index (χ3v) is 3.36. The molecule has 2 aromatic heterocycles. The lowest BCUT2D eigenvalue weighted by atomic mass is 10.4. The van der Waals surface area contributed by atoms with Crippen molar-refractivity contribution >= 4 is 39.4 Å². The number of thiophene rings is 1. The topological polar surface area (TPSA) is 32.9 Å². The van der Waals surface area contributed by atoms with Gasteiger partial charge in [-0.2, -0.15) is 0 Å². The van der Waals surface area contributed by atoms with Gasteiger partial charge in [0.15, 0.2) is 6.29 Å². The van der Waals surface area contributed by atoms with Crippen molar-refractivity contribution in [2.75, 3.05) is 0 Å². The summed E-state index contributed by atoms with van der Waals surface area (Å²) in [4.78, 5) is 14.4. The number of fused-ring (bicyclic) bond motifs is 1. The van der Waals surface area contributed by atoms with Crippen molar-refractivity contribution in [2.24, 2.45) is 0 Å². The Kier molecular flexibility index (Phi) is 1.70. The molecule has 0 spiro atoms. The minimum atomic E-state index is 0.582. The summed E-state index contributed by atoms with van der Waals surface area (Å²) in [5.74, 6) is 0. The van der Waals surface area contributed by atoms with Gasteiger partial charge < -0.3 is 4.98 Å². The molecular formula is C8H6ClNOS. The highest BCUT2D eigenvalue weighted by atomic mass is 35.5. The molecule has 0 aliphatic heterocycles. The summed E-state index contributed by atoms with van der Waals surface area (Å²) in [6.07, 6.45) is 0.790. The average Bonchev–Trinajstić information content (AvgIpc) is 2.55. The predicted octanol–water partition coefficient (Wildman–Crippen LogP) is 3.00. The molecular weight excluding hydrogens is 194 g/mol. The zero-order valence-electron chi connectivity index (χ0n) is 6.35. The maximum Gasteiger partial charge on any atom is 0.166 e. The molecule has 2 nitrogen and oxygen atoms in total. The van der Waals surface area contributed by atoms with Gasteiger partial charge in [0, 0.05) is 4.88 Å². The van der Waals surface area contributed by atoms with Crippen LogP contribution in [-0.2, 0) is 0 Å². The average molecular weight is 200 g/mol. The lowest BCUT2D eigenvalue weighted by Crippen LogP contribution is -1.75. The van der Waals surface area contributed by atoms with Crippen LogP contribution in [0.4, 0.5) is 0 Å². The number of carbonyl (C=O) groups excluding carboxylic acids is 1. The first kappa shape index (κ1) is 7.83. The fourth-order valence-corrected chi connectivity index (χ4v) is 2.43. The first-order chi connectivity index (χ1) is 5.72. The maximum atomic E-state index is 10.4. The molecule has 4 heteroatoms. The SMILES string of the molecule is Cc1sc2cc(C=O)[nH]c2c1Cl. The van der Waals surface area contributed by atoms with Crippen molar-refractivity contribution in [2.45, 2.75) is 6.92 Å². The van der Waals surface area contributed by atoms with Crippen LogP contribution in [0.5, 0.6) is 0 Å². The Morgan fingerprint density at radius 2 is 2.42 bits per heavy atom. The van der Waals surface area contributed by atoms with Crippen LogP contribution in [0.25, 0.3) is 10.2 Å². The number of hydrogen-bond donors (Lipinski definition) is 1. The second-order valence-corrected chi connectivity index (χ2v) is 4.19. The second-order valence-electron chi connectivity index (χ2n) is 2.55. The minimum absolute atomic E-state index is 0.582. The Bertz CT molecular complexity index is 443. The van der Waals surface area contributed by atoms with E-state index in [0.717, 1.165) is 26.4 Å². The number of aromatic amines is 1. The van der Waals surface area contributed by atoms with Crippen molar-refractivity contribution in [3.05, 3.63) is 21.7 Å². The molecule has 1 N–H and O–H groups in total. The summed E-state index contributed by atoms with van der Waals surface area (Å²) < 4.78 is 1.04. The second kappa shape index (κ2) is 2.61. The summed E-state index contributed by atoms with van der Waals surface area (Å²) in [6.45, 7) is 1.96. The number of rotatable bonds is 1. The van der Waals surface area contributed by atoms with Crippen molar-refractivity contribution in [3.63, 3.8) is 0 Å². The number of carbonyl (C=O) groups is 1. The number of H-pyrrole nitrogens is 1. The molecule has 2 rings (SSSR count). The van der Waals surface area contributed by atoms with E-state index in [1.807, 2.05) is 13.0 Å². The van der Waals surface area contributed by atoms with Crippen LogP contribution < -0.4 is 0 Å². The molecule has 0 saturated heterocycles. The molecule has 0 amide bonds. The summed E-state index contributed by atoms with van der Waals surface area (Å²) in [5.41, 5.74) is 1.46. The fourth-order valence-electron chi connectivity index (χ4n) is 1.15. The third-order valence-electron chi connectivity index (χ3n) is 1.72. The molecule has 0 radical (unpaired) electrons. The van der Waals surface area contributed by atoms with Gasteiger partial charge in [0.05, 0.1) is 20.9 Å². The Labute approximate surface area is 78.2 Å². The Morgan fingerprint density at radius 1 is 1.67 bits per heavy atom. The van der Waals surface area contributed by atoms with E-state index in [4.69, 9.17) is 11.6 Å². The van der Waals surface area contributed by atoms with E-state index in [2.05, 4.69) is 4.98 Å². The Balaban J connectivity index is 2.79. The van der Waals surface area contributed by atoms with Crippen LogP contribution in [0.3, 0.4) is 0 Å². The first-order valence-electron chi connectivity index (χ1n) is 3.45. The van der Waals surface area contributed by atoms with Crippen molar-refractivity contribution in [1.82, 2.24) is 4.98 Å². The molecule has 12 heavy (non-hydrogen) atoms. The fraction of sp³-hybridized carbons (Fsp3) is 0.125. The van der Waals surface area contributed by atoms with Gasteiger partial charge in [-0.15, -0.1) is 11.3 Å². The molecule has 2 aromatic rings. The van der Waals surface area contributed by atoms with Gasteiger partial charge in [0.25, 0.3) is 0 Å². The van der Waals surface area contributed by atoms with Crippen LogP contribution >= 0.6 is 22.9 Å². The lowest BCUT2D eigenvalue weighted by Gasteiger charge is -1.84. The summed E-state index contributed by atoms with van der Waals surface area (Å²) in [5, 5.41) is 0.725. The zero-order chi connectivity index (χ0) is 8.72. The molecule has 0 saturated carbocycles. The third kappa shape index (κ3) is 0.974. The maximum absolute atomic E-state index is 10.4. The first-order valence-corrected chi connectivity index (χ1v) is 4.64. The van der Waals surface area contributed by atoms with Crippen LogP contribution in [-0.4, -0.2) is 11.3 Å². The summed E-state index contributed by atoms with van der Waals surface area (Å²) in [6, 6.07) is 1.81. The number of halogens is 1. The number of nitrogens with one attached hydrogen (secondary N) is 1. The van der Waals surface area contributed by atoms with Crippen molar-refractivity contribution in [3.8, 4) is 0 Å². The van der Waals surface area contributed by atoms with E-state index < -0.39 is 0 Å². The highest BCUT2D eigenvalue weighted by molar-refractivity contribution is 7.19. The molecule has 62 valence electrons. The van der Waals surface area contributed by atoms with E-state index in [1.165, 1.54) is 0 Å². The van der Waals surface area contributed by atoms with Crippen LogP contribution in [0, 0.1) is 6.92 Å². The largest absolute Gasteiger partial charge is 0.350 e. The number of aromatic nitrogens is 1. The molecule has 0 atom stereocenters.